The average molecular weight is 355 g/mol. The highest BCUT2D eigenvalue weighted by molar-refractivity contribution is 8.00. The number of benzene rings is 1. The van der Waals surface area contributed by atoms with E-state index in [2.05, 4.69) is 17.2 Å². The van der Waals surface area contributed by atoms with E-state index >= 15 is 0 Å². The van der Waals surface area contributed by atoms with Crippen molar-refractivity contribution in [2.24, 2.45) is 0 Å². The Kier molecular flexibility index (Phi) is 6.73. The number of hydrogen-bond acceptors (Lipinski definition) is 4. The summed E-state index contributed by atoms with van der Waals surface area (Å²) in [6.45, 7) is 4.06. The first-order valence-corrected chi connectivity index (χ1v) is 9.42. The summed E-state index contributed by atoms with van der Waals surface area (Å²) in [5.74, 6) is 0.886. The van der Waals surface area contributed by atoms with Crippen LogP contribution in [0.5, 0.6) is 0 Å². The lowest BCUT2D eigenvalue weighted by molar-refractivity contribution is -0.121. The number of carbonyl (C=O) groups excluding carboxylic acids is 1. The van der Waals surface area contributed by atoms with E-state index in [1.165, 1.54) is 5.56 Å². The third-order valence-electron chi connectivity index (χ3n) is 3.17. The second kappa shape index (κ2) is 8.56. The van der Waals surface area contributed by atoms with Crippen LogP contribution >= 0.6 is 34.7 Å². The molecule has 0 aliphatic carbocycles. The maximum Gasteiger partial charge on any atom is 0.226 e. The van der Waals surface area contributed by atoms with E-state index in [0.717, 1.165) is 27.2 Å². The minimum Gasteiger partial charge on any atom is -0.353 e. The Balaban J connectivity index is 1.83. The lowest BCUT2D eigenvalue weighted by Crippen LogP contribution is -2.33. The first-order valence-electron chi connectivity index (χ1n) is 7.18. The molecule has 118 valence electrons. The van der Waals surface area contributed by atoms with Gasteiger partial charge in [-0.05, 0) is 31.0 Å². The van der Waals surface area contributed by atoms with Crippen LogP contribution in [0.1, 0.15) is 31.5 Å². The minimum absolute atomic E-state index is 0.0360. The number of hydrogen-bond donors (Lipinski definition) is 1. The summed E-state index contributed by atoms with van der Waals surface area (Å²) in [6.07, 6.45) is 1.29. The van der Waals surface area contributed by atoms with E-state index in [9.17, 15) is 4.79 Å². The molecule has 0 aliphatic heterocycles. The van der Waals surface area contributed by atoms with Gasteiger partial charge in [-0.3, -0.25) is 4.79 Å². The molecule has 0 radical (unpaired) electrons. The van der Waals surface area contributed by atoms with Crippen molar-refractivity contribution >= 4 is 40.6 Å². The van der Waals surface area contributed by atoms with Gasteiger partial charge in [-0.25, -0.2) is 4.98 Å². The molecule has 3 nitrogen and oxygen atoms in total. The quantitative estimate of drug-likeness (QED) is 0.742. The number of nitrogens with one attached hydrogen (secondary N) is 1. The maximum atomic E-state index is 11.8. The zero-order valence-corrected chi connectivity index (χ0v) is 15.0. The van der Waals surface area contributed by atoms with E-state index in [-0.39, 0.29) is 11.9 Å². The fraction of sp³-hybridized carbons (Fsp3) is 0.375. The smallest absolute Gasteiger partial charge is 0.226 e. The number of aromatic nitrogens is 1. The Morgan fingerprint density at radius 3 is 2.82 bits per heavy atom. The monoisotopic (exact) mass is 354 g/mol. The van der Waals surface area contributed by atoms with Gasteiger partial charge in [0.25, 0.3) is 0 Å². The van der Waals surface area contributed by atoms with Gasteiger partial charge in [0, 0.05) is 22.2 Å². The molecule has 22 heavy (non-hydrogen) atoms. The fourth-order valence-corrected chi connectivity index (χ4v) is 3.68. The second-order valence-electron chi connectivity index (χ2n) is 5.07. The summed E-state index contributed by atoms with van der Waals surface area (Å²) < 4.78 is 0.987. The molecule has 0 spiro atoms. The van der Waals surface area contributed by atoms with Gasteiger partial charge in [0.05, 0.1) is 12.1 Å². The van der Waals surface area contributed by atoms with Crippen LogP contribution in [0.25, 0.3) is 0 Å². The molecule has 0 saturated heterocycles. The van der Waals surface area contributed by atoms with Gasteiger partial charge in [0.2, 0.25) is 5.91 Å². The van der Waals surface area contributed by atoms with E-state index in [1.807, 2.05) is 36.6 Å². The molecule has 0 bridgehead atoms. The maximum absolute atomic E-state index is 11.8. The van der Waals surface area contributed by atoms with Crippen molar-refractivity contribution in [3.63, 3.8) is 0 Å². The van der Waals surface area contributed by atoms with Crippen LogP contribution in [0.3, 0.4) is 0 Å². The number of amides is 1. The van der Waals surface area contributed by atoms with Crippen molar-refractivity contribution in [3.05, 3.63) is 45.9 Å². The average Bonchev–Trinajstić information content (AvgIpc) is 2.93. The molecule has 2 rings (SSSR count). The highest BCUT2D eigenvalue weighted by Crippen LogP contribution is 2.26. The normalized spacial score (nSPS) is 12.1. The van der Waals surface area contributed by atoms with E-state index in [0.29, 0.717) is 6.42 Å². The van der Waals surface area contributed by atoms with Gasteiger partial charge in [-0.1, -0.05) is 42.4 Å². The molecule has 0 fully saturated rings. The van der Waals surface area contributed by atoms with Gasteiger partial charge in [0.1, 0.15) is 4.34 Å². The first kappa shape index (κ1) is 17.3. The third-order valence-corrected chi connectivity index (χ3v) is 5.56. The van der Waals surface area contributed by atoms with Crippen molar-refractivity contribution in [3.8, 4) is 0 Å². The van der Waals surface area contributed by atoms with Crippen LogP contribution in [-0.2, 0) is 17.0 Å². The predicted molar refractivity (Wildman–Crippen MR) is 94.7 cm³/mol. The SMILES string of the molecule is CCC(C)NC(=O)Cc1csc(SCc2ccc(Cl)cc2)n1. The van der Waals surface area contributed by atoms with E-state index < -0.39 is 0 Å². The minimum atomic E-state index is 0.0360. The van der Waals surface area contributed by atoms with E-state index in [4.69, 9.17) is 11.6 Å². The highest BCUT2D eigenvalue weighted by atomic mass is 35.5. The zero-order valence-electron chi connectivity index (χ0n) is 12.6. The van der Waals surface area contributed by atoms with Gasteiger partial charge >= 0.3 is 0 Å². The summed E-state index contributed by atoms with van der Waals surface area (Å²) in [5.41, 5.74) is 2.05. The van der Waals surface area contributed by atoms with Crippen LogP contribution in [0.2, 0.25) is 5.02 Å². The third kappa shape index (κ3) is 5.63. The summed E-state index contributed by atoms with van der Waals surface area (Å²) in [6, 6.07) is 8.03. The highest BCUT2D eigenvalue weighted by Gasteiger charge is 2.10. The van der Waals surface area contributed by atoms with Crippen molar-refractivity contribution in [1.82, 2.24) is 10.3 Å². The molecule has 1 amide bonds. The second-order valence-corrected chi connectivity index (χ2v) is 7.59. The Morgan fingerprint density at radius 1 is 1.41 bits per heavy atom. The molecule has 0 aliphatic rings. The van der Waals surface area contributed by atoms with Gasteiger partial charge < -0.3 is 5.32 Å². The van der Waals surface area contributed by atoms with Crippen molar-refractivity contribution in [2.45, 2.75) is 42.8 Å². The lowest BCUT2D eigenvalue weighted by atomic mass is 10.2. The summed E-state index contributed by atoms with van der Waals surface area (Å²) >= 11 is 9.13. The van der Waals surface area contributed by atoms with Crippen LogP contribution in [0.4, 0.5) is 0 Å². The van der Waals surface area contributed by atoms with Crippen LogP contribution in [0, 0.1) is 0 Å². The summed E-state index contributed by atoms with van der Waals surface area (Å²) in [5, 5.41) is 5.66. The number of nitrogens with zero attached hydrogens (tertiary/aromatic N) is 1. The van der Waals surface area contributed by atoms with Crippen molar-refractivity contribution in [2.75, 3.05) is 0 Å². The summed E-state index contributed by atoms with van der Waals surface area (Å²) in [7, 11) is 0. The molecular weight excluding hydrogens is 336 g/mol. The molecule has 1 aromatic carbocycles. The predicted octanol–water partition coefficient (Wildman–Crippen LogP) is 4.55. The molecule has 0 saturated carbocycles. The van der Waals surface area contributed by atoms with E-state index in [1.54, 1.807) is 23.1 Å². The molecule has 1 aromatic heterocycles. The van der Waals surface area contributed by atoms with Crippen LogP contribution in [0.15, 0.2) is 34.0 Å². The lowest BCUT2D eigenvalue weighted by Gasteiger charge is -2.10. The standard InChI is InChI=1S/C16H19ClN2OS2/c1-3-11(2)18-15(20)8-14-10-22-16(19-14)21-9-12-4-6-13(17)7-5-12/h4-7,10-11H,3,8-9H2,1-2H3,(H,18,20). The molecule has 1 N–H and O–H groups in total. The van der Waals surface area contributed by atoms with Crippen LogP contribution < -0.4 is 5.32 Å². The topological polar surface area (TPSA) is 42.0 Å². The largest absolute Gasteiger partial charge is 0.353 e. The van der Waals surface area contributed by atoms with Crippen molar-refractivity contribution in [1.29, 1.82) is 0 Å². The number of thiazole rings is 1. The molecule has 1 atom stereocenters. The number of halogens is 1. The zero-order chi connectivity index (χ0) is 15.9. The Hall–Kier alpha value is -1.04. The molecular formula is C16H19ClN2OS2. The first-order chi connectivity index (χ1) is 10.6. The number of carbonyl (C=O) groups is 1. The van der Waals surface area contributed by atoms with Crippen LogP contribution in [-0.4, -0.2) is 16.9 Å². The van der Waals surface area contributed by atoms with Gasteiger partial charge in [0.15, 0.2) is 0 Å². The fourth-order valence-electron chi connectivity index (χ4n) is 1.75. The Labute approximate surface area is 144 Å². The molecule has 1 unspecified atom stereocenters. The summed E-state index contributed by atoms with van der Waals surface area (Å²) in [4.78, 5) is 16.3. The number of thioether (sulfide) groups is 1. The Morgan fingerprint density at radius 2 is 2.14 bits per heavy atom. The van der Waals surface area contributed by atoms with Gasteiger partial charge in [-0.2, -0.15) is 0 Å². The molecule has 2 aromatic rings. The Bertz CT molecular complexity index is 613. The molecule has 6 heteroatoms. The van der Waals surface area contributed by atoms with Gasteiger partial charge in [-0.15, -0.1) is 11.3 Å². The van der Waals surface area contributed by atoms with Crippen molar-refractivity contribution < 1.29 is 4.79 Å². The number of rotatable bonds is 7. The molecule has 1 heterocycles.